The van der Waals surface area contributed by atoms with Crippen LogP contribution in [0.1, 0.15) is 6.92 Å². The first-order valence-corrected chi connectivity index (χ1v) is 4.26. The van der Waals surface area contributed by atoms with Crippen LogP contribution in [0.3, 0.4) is 0 Å². The zero-order valence-corrected chi connectivity index (χ0v) is 8.83. The van der Waals surface area contributed by atoms with Crippen LogP contribution in [-0.4, -0.2) is 44.7 Å². The second-order valence-electron chi connectivity index (χ2n) is 3.90. The molecule has 0 fully saturated rings. The molecule has 0 aromatic heterocycles. The minimum absolute atomic E-state index is 0.103. The van der Waals surface area contributed by atoms with Gasteiger partial charge in [-0.1, -0.05) is 0 Å². The lowest BCUT2D eigenvalue weighted by molar-refractivity contribution is -0.885. The number of quaternary nitrogens is 1. The topological polar surface area (TPSA) is 26.3 Å². The number of esters is 1. The van der Waals surface area contributed by atoms with Gasteiger partial charge in [0.1, 0.15) is 12.5 Å². The molecule has 0 amide bonds. The van der Waals surface area contributed by atoms with Crippen molar-refractivity contribution < 1.29 is 14.0 Å². The summed E-state index contributed by atoms with van der Waals surface area (Å²) in [7, 11) is 5.40. The van der Waals surface area contributed by atoms with Crippen molar-refractivity contribution in [1.29, 1.82) is 0 Å². The van der Waals surface area contributed by atoms with Crippen molar-refractivity contribution >= 4 is 5.97 Å². The lowest BCUT2D eigenvalue weighted by Gasteiger charge is -2.29. The van der Waals surface area contributed by atoms with Crippen molar-refractivity contribution in [3.05, 3.63) is 0 Å². The predicted octanol–water partition coefficient (Wildman–Crippen LogP) is 0.505. The summed E-state index contributed by atoms with van der Waals surface area (Å²) in [5, 5.41) is 0. The molecule has 13 heavy (non-hydrogen) atoms. The fourth-order valence-corrected chi connectivity index (χ4v) is 1.33. The third-order valence-electron chi connectivity index (χ3n) is 1.89. The van der Waals surface area contributed by atoms with E-state index in [1.165, 1.54) is 7.11 Å². The summed E-state index contributed by atoms with van der Waals surface area (Å²) in [6, 6.07) is 0. The van der Waals surface area contributed by atoms with Crippen LogP contribution in [0.25, 0.3) is 0 Å². The molecule has 0 radical (unpaired) electrons. The zero-order chi connectivity index (χ0) is 10.5. The molecule has 0 aromatic carbocycles. The highest BCUT2D eigenvalue weighted by Gasteiger charge is 2.23. The van der Waals surface area contributed by atoms with Crippen LogP contribution in [0, 0.1) is 18.3 Å². The average Bonchev–Trinajstić information content (AvgIpc) is 2.01. The number of ether oxygens (including phenoxy) is 1. The number of nitrogens with zero attached hydrogens (tertiary/aromatic N) is 1. The van der Waals surface area contributed by atoms with E-state index in [0.717, 1.165) is 0 Å². The Kier molecular flexibility index (Phi) is 4.50. The number of terminal acetylenes is 1. The monoisotopic (exact) mass is 184 g/mol. The average molecular weight is 184 g/mol. The largest absolute Gasteiger partial charge is 0.469 e. The van der Waals surface area contributed by atoms with Crippen LogP contribution in [0.2, 0.25) is 0 Å². The van der Waals surface area contributed by atoms with Crippen LogP contribution in [0.5, 0.6) is 0 Å². The van der Waals surface area contributed by atoms with Gasteiger partial charge in [-0.15, -0.1) is 6.42 Å². The van der Waals surface area contributed by atoms with Crippen molar-refractivity contribution in [3.63, 3.8) is 0 Å². The van der Waals surface area contributed by atoms with Gasteiger partial charge in [0.15, 0.2) is 0 Å². The third-order valence-corrected chi connectivity index (χ3v) is 1.89. The Bertz CT molecular complexity index is 215. The summed E-state index contributed by atoms with van der Waals surface area (Å²) < 4.78 is 5.28. The Morgan fingerprint density at radius 3 is 2.54 bits per heavy atom. The highest BCUT2D eigenvalue weighted by atomic mass is 16.5. The highest BCUT2D eigenvalue weighted by molar-refractivity contribution is 5.71. The van der Waals surface area contributed by atoms with Crippen molar-refractivity contribution in [2.75, 3.05) is 34.3 Å². The fraction of sp³-hybridized carbons (Fsp3) is 0.700. The minimum Gasteiger partial charge on any atom is -0.469 e. The van der Waals surface area contributed by atoms with Gasteiger partial charge in [0.2, 0.25) is 0 Å². The third kappa shape index (κ3) is 4.54. The molecule has 1 atom stereocenters. The number of hydrogen-bond acceptors (Lipinski definition) is 2. The summed E-state index contributed by atoms with van der Waals surface area (Å²) in [6.07, 6.45) is 5.22. The van der Waals surface area contributed by atoms with Gasteiger partial charge in [-0.25, -0.2) is 0 Å². The van der Waals surface area contributed by atoms with E-state index < -0.39 is 0 Å². The van der Waals surface area contributed by atoms with E-state index in [4.69, 9.17) is 6.42 Å². The van der Waals surface area contributed by atoms with Crippen LogP contribution in [0.4, 0.5) is 0 Å². The molecule has 0 spiro atoms. The smallest absolute Gasteiger partial charge is 0.314 e. The molecule has 74 valence electrons. The van der Waals surface area contributed by atoms with Gasteiger partial charge in [0.05, 0.1) is 27.7 Å². The van der Waals surface area contributed by atoms with E-state index in [1.54, 1.807) is 0 Å². The maximum Gasteiger partial charge on any atom is 0.314 e. The zero-order valence-electron chi connectivity index (χ0n) is 8.83. The second kappa shape index (κ2) is 4.88. The number of methoxy groups -OCH3 is 1. The first-order chi connectivity index (χ1) is 5.93. The molecule has 0 aliphatic carbocycles. The summed E-state index contributed by atoms with van der Waals surface area (Å²) in [5.41, 5.74) is 0. The first kappa shape index (κ1) is 12.0. The predicted molar refractivity (Wildman–Crippen MR) is 51.9 cm³/mol. The van der Waals surface area contributed by atoms with Crippen molar-refractivity contribution in [1.82, 2.24) is 0 Å². The van der Waals surface area contributed by atoms with Gasteiger partial charge in [0, 0.05) is 0 Å². The highest BCUT2D eigenvalue weighted by Crippen LogP contribution is 2.06. The molecule has 1 unspecified atom stereocenters. The minimum atomic E-state index is -0.178. The number of carbonyl (C=O) groups excluding carboxylic acids is 1. The van der Waals surface area contributed by atoms with Crippen LogP contribution in [-0.2, 0) is 9.53 Å². The SMILES string of the molecule is C#CC[N+](C)(C)CC(C)C(=O)OC. The lowest BCUT2D eigenvalue weighted by atomic mass is 10.1. The molecular weight excluding hydrogens is 166 g/mol. The summed E-state index contributed by atoms with van der Waals surface area (Å²) in [6.45, 7) is 3.18. The van der Waals surface area contributed by atoms with Gasteiger partial charge in [-0.3, -0.25) is 4.79 Å². The van der Waals surface area contributed by atoms with E-state index in [-0.39, 0.29) is 11.9 Å². The van der Waals surface area contributed by atoms with Gasteiger partial charge in [-0.2, -0.15) is 0 Å². The molecule has 0 aliphatic heterocycles. The van der Waals surface area contributed by atoms with E-state index in [0.29, 0.717) is 17.6 Å². The molecule has 0 rings (SSSR count). The number of hydrogen-bond donors (Lipinski definition) is 0. The Hall–Kier alpha value is -1.01. The molecule has 0 bridgehead atoms. The van der Waals surface area contributed by atoms with E-state index in [1.807, 2.05) is 21.0 Å². The Morgan fingerprint density at radius 1 is 1.62 bits per heavy atom. The Balaban J connectivity index is 4.12. The summed E-state index contributed by atoms with van der Waals surface area (Å²) in [5.74, 6) is 2.31. The molecule has 3 nitrogen and oxygen atoms in total. The second-order valence-corrected chi connectivity index (χ2v) is 3.90. The summed E-state index contributed by atoms with van der Waals surface area (Å²) in [4.78, 5) is 11.1. The molecule has 0 aliphatic rings. The maximum absolute atomic E-state index is 11.1. The van der Waals surface area contributed by atoms with E-state index in [9.17, 15) is 4.79 Å². The summed E-state index contributed by atoms with van der Waals surface area (Å²) >= 11 is 0. The van der Waals surface area contributed by atoms with E-state index >= 15 is 0 Å². The Morgan fingerprint density at radius 2 is 2.15 bits per heavy atom. The molecule has 0 saturated heterocycles. The molecule has 3 heteroatoms. The van der Waals surface area contributed by atoms with Crippen LogP contribution >= 0.6 is 0 Å². The molecule has 0 heterocycles. The van der Waals surface area contributed by atoms with Gasteiger partial charge >= 0.3 is 5.97 Å². The van der Waals surface area contributed by atoms with Crippen molar-refractivity contribution in [2.45, 2.75) is 6.92 Å². The lowest BCUT2D eigenvalue weighted by Crippen LogP contribution is -2.44. The van der Waals surface area contributed by atoms with Gasteiger partial charge in [-0.05, 0) is 12.8 Å². The molecule has 0 N–H and O–H groups in total. The molecular formula is C10H18NO2+. The van der Waals surface area contributed by atoms with Crippen molar-refractivity contribution in [2.24, 2.45) is 5.92 Å². The maximum atomic E-state index is 11.1. The van der Waals surface area contributed by atoms with Crippen LogP contribution in [0.15, 0.2) is 0 Å². The van der Waals surface area contributed by atoms with Gasteiger partial charge < -0.3 is 9.22 Å². The molecule has 0 aromatic rings. The van der Waals surface area contributed by atoms with Crippen LogP contribution < -0.4 is 0 Å². The number of rotatable bonds is 4. The normalized spacial score (nSPS) is 13.2. The molecule has 0 saturated carbocycles. The quantitative estimate of drug-likeness (QED) is 0.361. The van der Waals surface area contributed by atoms with E-state index in [2.05, 4.69) is 10.7 Å². The Labute approximate surface area is 80.3 Å². The first-order valence-electron chi connectivity index (χ1n) is 4.26. The van der Waals surface area contributed by atoms with Crippen molar-refractivity contribution in [3.8, 4) is 12.3 Å². The number of carbonyl (C=O) groups is 1. The van der Waals surface area contributed by atoms with Gasteiger partial charge in [0.25, 0.3) is 0 Å². The fourth-order valence-electron chi connectivity index (χ4n) is 1.33. The standard InChI is InChI=1S/C10H18NO2/c1-6-7-11(3,4)8-9(2)10(12)13-5/h1,9H,7-8H2,2-5H3/q+1.